The van der Waals surface area contributed by atoms with Gasteiger partial charge in [-0.25, -0.2) is 9.07 Å². The van der Waals surface area contributed by atoms with E-state index in [4.69, 9.17) is 11.6 Å². The minimum absolute atomic E-state index is 0.0385. The molecule has 0 atom stereocenters. The van der Waals surface area contributed by atoms with Gasteiger partial charge in [-0.15, -0.1) is 0 Å². The largest absolute Gasteiger partial charge is 0.506 e. The number of phenolic OH excluding ortho intramolecular Hbond substituents is 2. The molecule has 0 bridgehead atoms. The summed E-state index contributed by atoms with van der Waals surface area (Å²) >= 11 is 6.00. The van der Waals surface area contributed by atoms with Crippen molar-refractivity contribution in [2.24, 2.45) is 0 Å². The molecule has 4 nitrogen and oxygen atoms in total. The van der Waals surface area contributed by atoms with E-state index in [0.717, 1.165) is 27.7 Å². The van der Waals surface area contributed by atoms with Crippen molar-refractivity contribution >= 4 is 22.5 Å². The zero-order valence-corrected chi connectivity index (χ0v) is 14.5. The molecular weight excluding hydrogens is 355 g/mol. The van der Waals surface area contributed by atoms with E-state index in [0.29, 0.717) is 5.69 Å². The van der Waals surface area contributed by atoms with E-state index in [1.54, 1.807) is 28.9 Å². The number of aromatic nitrogens is 2. The summed E-state index contributed by atoms with van der Waals surface area (Å²) in [5.74, 6) is -1.05. The third-order valence-corrected chi connectivity index (χ3v) is 4.62. The molecule has 0 aliphatic carbocycles. The van der Waals surface area contributed by atoms with Crippen molar-refractivity contribution in [3.63, 3.8) is 0 Å². The Bertz CT molecular complexity index is 1150. The number of rotatable bonds is 2. The van der Waals surface area contributed by atoms with Crippen molar-refractivity contribution in [2.45, 2.75) is 6.92 Å². The smallest absolute Gasteiger partial charge is 0.164 e. The molecule has 0 radical (unpaired) electrons. The van der Waals surface area contributed by atoms with Crippen LogP contribution in [0.15, 0.2) is 54.6 Å². The quantitative estimate of drug-likeness (QED) is 0.511. The molecule has 1 aromatic heterocycles. The molecule has 0 aliphatic rings. The summed E-state index contributed by atoms with van der Waals surface area (Å²) in [6.07, 6.45) is 0. The van der Waals surface area contributed by atoms with Crippen molar-refractivity contribution in [1.29, 1.82) is 0 Å². The molecule has 26 heavy (non-hydrogen) atoms. The number of aryl methyl sites for hydroxylation is 1. The van der Waals surface area contributed by atoms with Crippen LogP contribution in [0.5, 0.6) is 11.5 Å². The van der Waals surface area contributed by atoms with Gasteiger partial charge in [-0.1, -0.05) is 23.7 Å². The van der Waals surface area contributed by atoms with Crippen molar-refractivity contribution in [3.05, 3.63) is 71.1 Å². The highest BCUT2D eigenvalue weighted by molar-refractivity contribution is 6.32. The Morgan fingerprint density at radius 2 is 1.65 bits per heavy atom. The van der Waals surface area contributed by atoms with Gasteiger partial charge >= 0.3 is 0 Å². The Morgan fingerprint density at radius 1 is 0.923 bits per heavy atom. The zero-order chi connectivity index (χ0) is 18.4. The fraction of sp³-hybridized carbons (Fsp3) is 0.0500. The number of aromatic hydroxyl groups is 2. The lowest BCUT2D eigenvalue weighted by Crippen LogP contribution is -1.96. The first-order valence-electron chi connectivity index (χ1n) is 7.91. The first-order chi connectivity index (χ1) is 12.4. The lowest BCUT2D eigenvalue weighted by atomic mass is 10.0. The summed E-state index contributed by atoms with van der Waals surface area (Å²) in [4.78, 5) is 0. The summed E-state index contributed by atoms with van der Waals surface area (Å²) in [5.41, 5.74) is 4.02. The van der Waals surface area contributed by atoms with Gasteiger partial charge < -0.3 is 10.2 Å². The second kappa shape index (κ2) is 6.04. The molecule has 2 N–H and O–H groups in total. The Kier molecular flexibility index (Phi) is 3.81. The van der Waals surface area contributed by atoms with Crippen LogP contribution in [-0.4, -0.2) is 20.0 Å². The first kappa shape index (κ1) is 16.4. The molecular formula is C20H14ClFN2O2. The van der Waals surface area contributed by atoms with Crippen molar-refractivity contribution in [3.8, 4) is 28.3 Å². The second-order valence-electron chi connectivity index (χ2n) is 6.03. The van der Waals surface area contributed by atoms with E-state index in [2.05, 4.69) is 5.10 Å². The standard InChI is InChI=1S/C20H14ClFN2O2/c1-11-15-8-12(13-3-7-19(25)16(21)9-13)2-6-18(15)24(23-11)14-4-5-17(22)20(26)10-14/h2-10,25-26H,1H3. The van der Waals surface area contributed by atoms with Crippen molar-refractivity contribution in [1.82, 2.24) is 9.78 Å². The maximum atomic E-state index is 13.3. The number of halogens is 2. The normalized spacial score (nSPS) is 11.2. The first-order valence-corrected chi connectivity index (χ1v) is 8.29. The highest BCUT2D eigenvalue weighted by atomic mass is 35.5. The van der Waals surface area contributed by atoms with E-state index in [1.165, 1.54) is 12.1 Å². The predicted octanol–water partition coefficient (Wildman–Crippen LogP) is 5.20. The molecule has 0 unspecified atom stereocenters. The molecule has 6 heteroatoms. The third kappa shape index (κ3) is 2.66. The number of hydrogen-bond donors (Lipinski definition) is 2. The molecule has 4 rings (SSSR count). The number of phenols is 2. The maximum absolute atomic E-state index is 13.3. The number of benzene rings is 3. The van der Waals surface area contributed by atoms with Crippen LogP contribution in [0.3, 0.4) is 0 Å². The van der Waals surface area contributed by atoms with Crippen LogP contribution in [0.2, 0.25) is 5.02 Å². The summed E-state index contributed by atoms with van der Waals surface area (Å²) in [7, 11) is 0. The molecule has 0 aliphatic heterocycles. The van der Waals surface area contributed by atoms with E-state index < -0.39 is 11.6 Å². The van der Waals surface area contributed by atoms with Gasteiger partial charge in [-0.3, -0.25) is 0 Å². The molecule has 0 spiro atoms. The van der Waals surface area contributed by atoms with Crippen LogP contribution in [0.25, 0.3) is 27.7 Å². The topological polar surface area (TPSA) is 58.3 Å². The minimum atomic E-state index is -0.673. The molecule has 0 fully saturated rings. The van der Waals surface area contributed by atoms with Gasteiger partial charge in [-0.05, 0) is 54.4 Å². The number of hydrogen-bond acceptors (Lipinski definition) is 3. The van der Waals surface area contributed by atoms with Gasteiger partial charge in [0.2, 0.25) is 0 Å². The average Bonchev–Trinajstić information content (AvgIpc) is 2.96. The van der Waals surface area contributed by atoms with Crippen LogP contribution in [0, 0.1) is 12.7 Å². The van der Waals surface area contributed by atoms with Gasteiger partial charge in [0.05, 0.1) is 21.9 Å². The van der Waals surface area contributed by atoms with E-state index in [-0.39, 0.29) is 10.8 Å². The van der Waals surface area contributed by atoms with E-state index in [9.17, 15) is 14.6 Å². The van der Waals surface area contributed by atoms with Gasteiger partial charge in [0, 0.05) is 11.5 Å². The summed E-state index contributed by atoms with van der Waals surface area (Å²) in [6.45, 7) is 1.88. The minimum Gasteiger partial charge on any atom is -0.506 e. The predicted molar refractivity (Wildman–Crippen MR) is 99.5 cm³/mol. The SMILES string of the molecule is Cc1nn(-c2ccc(F)c(O)c2)c2ccc(-c3ccc(O)c(Cl)c3)cc12. The van der Waals surface area contributed by atoms with Crippen LogP contribution >= 0.6 is 11.6 Å². The van der Waals surface area contributed by atoms with Gasteiger partial charge in [0.25, 0.3) is 0 Å². The molecule has 0 amide bonds. The molecule has 1 heterocycles. The summed E-state index contributed by atoms with van der Waals surface area (Å²) < 4.78 is 15.0. The van der Waals surface area contributed by atoms with Gasteiger partial charge in [0.1, 0.15) is 5.75 Å². The highest BCUT2D eigenvalue weighted by Crippen LogP contribution is 2.32. The Labute approximate surface area is 153 Å². The fourth-order valence-corrected chi connectivity index (χ4v) is 3.14. The van der Waals surface area contributed by atoms with Crippen molar-refractivity contribution in [2.75, 3.05) is 0 Å². The van der Waals surface area contributed by atoms with Crippen LogP contribution < -0.4 is 0 Å². The molecule has 3 aromatic carbocycles. The summed E-state index contributed by atoms with van der Waals surface area (Å²) in [5, 5.41) is 24.9. The zero-order valence-electron chi connectivity index (χ0n) is 13.7. The highest BCUT2D eigenvalue weighted by Gasteiger charge is 2.12. The Balaban J connectivity index is 1.86. The van der Waals surface area contributed by atoms with Crippen LogP contribution in [-0.2, 0) is 0 Å². The lowest BCUT2D eigenvalue weighted by molar-refractivity contribution is 0.432. The molecule has 4 aromatic rings. The Hall–Kier alpha value is -3.05. The Morgan fingerprint density at radius 3 is 2.38 bits per heavy atom. The molecule has 0 saturated heterocycles. The number of nitrogens with zero attached hydrogens (tertiary/aromatic N) is 2. The second-order valence-corrected chi connectivity index (χ2v) is 6.44. The van der Waals surface area contributed by atoms with E-state index >= 15 is 0 Å². The average molecular weight is 369 g/mol. The maximum Gasteiger partial charge on any atom is 0.164 e. The monoisotopic (exact) mass is 368 g/mol. The van der Waals surface area contributed by atoms with Crippen LogP contribution in [0.4, 0.5) is 4.39 Å². The summed E-state index contributed by atoms with van der Waals surface area (Å²) in [6, 6.07) is 15.0. The van der Waals surface area contributed by atoms with Gasteiger partial charge in [-0.2, -0.15) is 5.10 Å². The fourth-order valence-electron chi connectivity index (χ4n) is 2.96. The van der Waals surface area contributed by atoms with Crippen LogP contribution in [0.1, 0.15) is 5.69 Å². The van der Waals surface area contributed by atoms with E-state index in [1.807, 2.05) is 25.1 Å². The number of fused-ring (bicyclic) bond motifs is 1. The molecule has 130 valence electrons. The lowest BCUT2D eigenvalue weighted by Gasteiger charge is -2.07. The third-order valence-electron chi connectivity index (χ3n) is 4.32. The molecule has 0 saturated carbocycles. The van der Waals surface area contributed by atoms with Crippen molar-refractivity contribution < 1.29 is 14.6 Å². The van der Waals surface area contributed by atoms with Gasteiger partial charge in [0.15, 0.2) is 11.6 Å².